The second kappa shape index (κ2) is 6.90. The van der Waals surface area contributed by atoms with Crippen molar-refractivity contribution in [3.63, 3.8) is 0 Å². The number of halogens is 3. The van der Waals surface area contributed by atoms with E-state index in [-0.39, 0.29) is 23.4 Å². The fourth-order valence-electron chi connectivity index (χ4n) is 1.55. The summed E-state index contributed by atoms with van der Waals surface area (Å²) >= 11 is 0. The molecule has 1 rings (SSSR count). The zero-order valence-corrected chi connectivity index (χ0v) is 11.9. The van der Waals surface area contributed by atoms with Gasteiger partial charge in [0.15, 0.2) is 0 Å². The summed E-state index contributed by atoms with van der Waals surface area (Å²) in [6.45, 7) is -0.378. The van der Waals surface area contributed by atoms with Gasteiger partial charge in [0, 0.05) is 13.0 Å². The standard InChI is InChI=1S/C12H14F3NO4S/c1-20-11(17)9-5-2-3-6-10(9)21(18,19)16-8-4-7-12(13,14)15/h2-3,5-6,16H,4,7-8H2,1H3. The van der Waals surface area contributed by atoms with Crippen LogP contribution in [0.4, 0.5) is 13.2 Å². The lowest BCUT2D eigenvalue weighted by Crippen LogP contribution is -2.27. The average molecular weight is 325 g/mol. The predicted molar refractivity (Wildman–Crippen MR) is 68.3 cm³/mol. The number of methoxy groups -OCH3 is 1. The van der Waals surface area contributed by atoms with Gasteiger partial charge >= 0.3 is 12.1 Å². The highest BCUT2D eigenvalue weighted by atomic mass is 32.2. The molecular weight excluding hydrogens is 311 g/mol. The van der Waals surface area contributed by atoms with Gasteiger partial charge in [-0.25, -0.2) is 17.9 Å². The van der Waals surface area contributed by atoms with Crippen molar-refractivity contribution in [3.8, 4) is 0 Å². The minimum absolute atomic E-state index is 0.177. The minimum atomic E-state index is -4.34. The molecule has 0 aliphatic carbocycles. The van der Waals surface area contributed by atoms with Gasteiger partial charge in [-0.05, 0) is 18.6 Å². The first kappa shape index (κ1) is 17.4. The Labute approximate surface area is 120 Å². The molecule has 0 bridgehead atoms. The van der Waals surface area contributed by atoms with Gasteiger partial charge in [0.2, 0.25) is 10.0 Å². The molecule has 0 atom stereocenters. The number of carbonyl (C=O) groups excluding carboxylic acids is 1. The SMILES string of the molecule is COC(=O)c1ccccc1S(=O)(=O)NCCCC(F)(F)F. The van der Waals surface area contributed by atoms with Crippen molar-refractivity contribution in [3.05, 3.63) is 29.8 Å². The second-order valence-corrected chi connectivity index (χ2v) is 5.84. The number of nitrogens with one attached hydrogen (secondary N) is 1. The summed E-state index contributed by atoms with van der Waals surface area (Å²) < 4.78 is 66.4. The first-order valence-corrected chi connectivity index (χ1v) is 7.39. The zero-order chi connectivity index (χ0) is 16.1. The van der Waals surface area contributed by atoms with Crippen LogP contribution in [0.2, 0.25) is 0 Å². The third kappa shape index (κ3) is 5.35. The van der Waals surface area contributed by atoms with Crippen LogP contribution >= 0.6 is 0 Å². The van der Waals surface area contributed by atoms with Gasteiger partial charge in [-0.3, -0.25) is 0 Å². The first-order chi connectivity index (χ1) is 9.67. The molecule has 1 aromatic carbocycles. The Morgan fingerprint density at radius 1 is 1.29 bits per heavy atom. The maximum absolute atomic E-state index is 12.0. The summed E-state index contributed by atoms with van der Waals surface area (Å²) in [5.41, 5.74) is -0.177. The number of carbonyl (C=O) groups is 1. The topological polar surface area (TPSA) is 72.5 Å². The highest BCUT2D eigenvalue weighted by molar-refractivity contribution is 7.89. The number of sulfonamides is 1. The maximum atomic E-state index is 12.0. The highest BCUT2D eigenvalue weighted by Gasteiger charge is 2.27. The molecule has 0 spiro atoms. The number of esters is 1. The molecule has 0 radical (unpaired) electrons. The third-order valence-corrected chi connectivity index (χ3v) is 4.03. The molecule has 0 unspecified atom stereocenters. The molecule has 118 valence electrons. The van der Waals surface area contributed by atoms with Crippen molar-refractivity contribution in [2.45, 2.75) is 23.9 Å². The van der Waals surface area contributed by atoms with Crippen LogP contribution in [0.3, 0.4) is 0 Å². The molecule has 0 amide bonds. The van der Waals surface area contributed by atoms with Crippen molar-refractivity contribution in [2.75, 3.05) is 13.7 Å². The van der Waals surface area contributed by atoms with Gasteiger partial charge in [0.1, 0.15) is 0 Å². The van der Waals surface area contributed by atoms with Gasteiger partial charge in [-0.2, -0.15) is 13.2 Å². The summed E-state index contributed by atoms with van der Waals surface area (Å²) in [5, 5.41) is 0. The lowest BCUT2D eigenvalue weighted by Gasteiger charge is -2.11. The number of alkyl halides is 3. The predicted octanol–water partition coefficient (Wildman–Crippen LogP) is 2.09. The summed E-state index contributed by atoms with van der Waals surface area (Å²) in [6, 6.07) is 5.29. The normalized spacial score (nSPS) is 12.2. The molecule has 1 N–H and O–H groups in total. The first-order valence-electron chi connectivity index (χ1n) is 5.91. The average Bonchev–Trinajstić information content (AvgIpc) is 2.42. The fraction of sp³-hybridized carbons (Fsp3) is 0.417. The molecule has 21 heavy (non-hydrogen) atoms. The minimum Gasteiger partial charge on any atom is -0.465 e. The molecule has 0 saturated carbocycles. The largest absolute Gasteiger partial charge is 0.465 e. The monoisotopic (exact) mass is 325 g/mol. The number of ether oxygens (including phenoxy) is 1. The Kier molecular flexibility index (Phi) is 5.73. The van der Waals surface area contributed by atoms with E-state index in [1.165, 1.54) is 24.3 Å². The van der Waals surface area contributed by atoms with Crippen LogP contribution in [0.1, 0.15) is 23.2 Å². The number of hydrogen-bond acceptors (Lipinski definition) is 4. The molecule has 9 heteroatoms. The number of hydrogen-bond donors (Lipinski definition) is 1. The molecule has 0 fully saturated rings. The van der Waals surface area contributed by atoms with Gasteiger partial charge in [0.05, 0.1) is 17.6 Å². The van der Waals surface area contributed by atoms with E-state index in [9.17, 15) is 26.4 Å². The Balaban J connectivity index is 2.82. The van der Waals surface area contributed by atoms with Gasteiger partial charge in [0.25, 0.3) is 0 Å². The van der Waals surface area contributed by atoms with E-state index >= 15 is 0 Å². The Bertz CT molecular complexity index is 599. The molecule has 0 heterocycles. The molecule has 0 aliphatic rings. The van der Waals surface area contributed by atoms with Crippen molar-refractivity contribution in [1.82, 2.24) is 4.72 Å². The van der Waals surface area contributed by atoms with E-state index in [0.29, 0.717) is 0 Å². The quantitative estimate of drug-likeness (QED) is 0.642. The number of benzene rings is 1. The molecule has 0 aromatic heterocycles. The number of rotatable bonds is 6. The van der Waals surface area contributed by atoms with E-state index in [1.54, 1.807) is 0 Å². The van der Waals surface area contributed by atoms with E-state index in [4.69, 9.17) is 0 Å². The van der Waals surface area contributed by atoms with Crippen molar-refractivity contribution < 1.29 is 31.1 Å². The summed E-state index contributed by atoms with van der Waals surface area (Å²) in [7, 11) is -2.98. The third-order valence-electron chi connectivity index (χ3n) is 2.51. The van der Waals surface area contributed by atoms with Gasteiger partial charge < -0.3 is 4.74 Å². The van der Waals surface area contributed by atoms with E-state index < -0.39 is 28.6 Å². The lowest BCUT2D eigenvalue weighted by molar-refractivity contribution is -0.135. The van der Waals surface area contributed by atoms with E-state index in [1.807, 2.05) is 4.72 Å². The van der Waals surface area contributed by atoms with Crippen LogP contribution in [0.15, 0.2) is 29.2 Å². The van der Waals surface area contributed by atoms with E-state index in [0.717, 1.165) is 7.11 Å². The summed E-state index contributed by atoms with van der Waals surface area (Å²) in [6.07, 6.45) is -5.81. The molecule has 0 saturated heterocycles. The van der Waals surface area contributed by atoms with Crippen LogP contribution in [0.25, 0.3) is 0 Å². The second-order valence-electron chi connectivity index (χ2n) is 4.10. The lowest BCUT2D eigenvalue weighted by atomic mass is 10.2. The highest BCUT2D eigenvalue weighted by Crippen LogP contribution is 2.21. The zero-order valence-electron chi connectivity index (χ0n) is 11.1. The van der Waals surface area contributed by atoms with Crippen LogP contribution in [-0.4, -0.2) is 34.2 Å². The summed E-state index contributed by atoms with van der Waals surface area (Å²) in [4.78, 5) is 11.1. The Morgan fingerprint density at radius 3 is 2.48 bits per heavy atom. The van der Waals surface area contributed by atoms with Crippen molar-refractivity contribution in [1.29, 1.82) is 0 Å². The van der Waals surface area contributed by atoms with Crippen LogP contribution in [0.5, 0.6) is 0 Å². The van der Waals surface area contributed by atoms with E-state index in [2.05, 4.69) is 4.74 Å². The fourth-order valence-corrected chi connectivity index (χ4v) is 2.82. The Hall–Kier alpha value is -1.61. The molecular formula is C12H14F3NO4S. The molecule has 0 aliphatic heterocycles. The maximum Gasteiger partial charge on any atom is 0.389 e. The van der Waals surface area contributed by atoms with Crippen molar-refractivity contribution in [2.24, 2.45) is 0 Å². The smallest absolute Gasteiger partial charge is 0.389 e. The van der Waals surface area contributed by atoms with Gasteiger partial charge in [-0.1, -0.05) is 12.1 Å². The van der Waals surface area contributed by atoms with Crippen molar-refractivity contribution >= 4 is 16.0 Å². The Morgan fingerprint density at radius 2 is 1.90 bits per heavy atom. The van der Waals surface area contributed by atoms with Crippen LogP contribution < -0.4 is 4.72 Å². The summed E-state index contributed by atoms with van der Waals surface area (Å²) in [5.74, 6) is -0.841. The molecule has 5 nitrogen and oxygen atoms in total. The molecule has 1 aromatic rings. The van der Waals surface area contributed by atoms with Gasteiger partial charge in [-0.15, -0.1) is 0 Å². The van der Waals surface area contributed by atoms with Crippen LogP contribution in [0, 0.1) is 0 Å². The van der Waals surface area contributed by atoms with Crippen LogP contribution in [-0.2, 0) is 14.8 Å².